The average Bonchev–Trinajstić information content (AvgIpc) is 3.06. The fraction of sp³-hybridized carbons (Fsp3) is 0.257. The molecule has 45 heavy (non-hydrogen) atoms. The zero-order valence-corrected chi connectivity index (χ0v) is 24.9. The molecule has 0 aliphatic rings. The van der Waals surface area contributed by atoms with Crippen molar-refractivity contribution in [3.63, 3.8) is 0 Å². The van der Waals surface area contributed by atoms with Crippen LogP contribution in [0.4, 0.5) is 0 Å². The number of carbonyl (C=O) groups is 4. The van der Waals surface area contributed by atoms with Gasteiger partial charge >= 0.3 is 23.9 Å². The zero-order valence-electron chi connectivity index (χ0n) is 24.9. The summed E-state index contributed by atoms with van der Waals surface area (Å²) in [4.78, 5) is 47.1. The van der Waals surface area contributed by atoms with Crippen molar-refractivity contribution in [2.45, 2.75) is 32.1 Å². The first-order valence-electron chi connectivity index (χ1n) is 14.5. The molecule has 3 rings (SSSR count). The molecule has 0 atom stereocenters. The van der Waals surface area contributed by atoms with Gasteiger partial charge < -0.3 is 28.4 Å². The largest absolute Gasteiger partial charge is 0.494 e. The van der Waals surface area contributed by atoms with E-state index in [0.29, 0.717) is 54.6 Å². The predicted octanol–water partition coefficient (Wildman–Crippen LogP) is 6.29. The maximum Gasteiger partial charge on any atom is 0.343 e. The Morgan fingerprint density at radius 3 is 1.24 bits per heavy atom. The van der Waals surface area contributed by atoms with E-state index in [2.05, 4.69) is 13.2 Å². The third-order valence-corrected chi connectivity index (χ3v) is 6.11. The number of rotatable bonds is 19. The molecule has 0 unspecified atom stereocenters. The smallest absolute Gasteiger partial charge is 0.343 e. The molecule has 10 heteroatoms. The Balaban J connectivity index is 1.35. The Kier molecular flexibility index (Phi) is 14.4. The van der Waals surface area contributed by atoms with E-state index in [1.54, 1.807) is 48.5 Å². The second-order valence-electron chi connectivity index (χ2n) is 9.51. The molecule has 0 spiro atoms. The van der Waals surface area contributed by atoms with Gasteiger partial charge in [0.2, 0.25) is 0 Å². The number of esters is 4. The summed E-state index contributed by atoms with van der Waals surface area (Å²) in [6, 6.07) is 19.2. The van der Waals surface area contributed by atoms with Gasteiger partial charge in [0.1, 0.15) is 23.0 Å². The fourth-order valence-electron chi connectivity index (χ4n) is 3.74. The number of carbonyl (C=O) groups excluding carboxylic acids is 4. The molecule has 236 valence electrons. The number of hydrogen-bond donors (Lipinski definition) is 0. The molecule has 3 aromatic rings. The SMILES string of the molecule is C=CC(=O)OCCCCCCOc1ccc(C(=O)Oc2ccc(OC(=O)c3ccc(OCCCOC(=O)C=C)cc3)cc2)cc1. The lowest BCUT2D eigenvalue weighted by molar-refractivity contribution is -0.138. The lowest BCUT2D eigenvalue weighted by Crippen LogP contribution is -2.10. The van der Waals surface area contributed by atoms with E-state index in [0.717, 1.165) is 37.8 Å². The molecular weight excluding hydrogens is 580 g/mol. The molecule has 0 fully saturated rings. The van der Waals surface area contributed by atoms with Crippen LogP contribution in [0.3, 0.4) is 0 Å². The maximum atomic E-state index is 12.6. The molecule has 0 amide bonds. The van der Waals surface area contributed by atoms with Crippen LogP contribution in [0.25, 0.3) is 0 Å². The van der Waals surface area contributed by atoms with Gasteiger partial charge in [-0.3, -0.25) is 0 Å². The molecule has 0 aliphatic carbocycles. The van der Waals surface area contributed by atoms with E-state index in [9.17, 15) is 19.2 Å². The zero-order chi connectivity index (χ0) is 32.3. The molecule has 0 N–H and O–H groups in total. The summed E-state index contributed by atoms with van der Waals surface area (Å²) in [6.45, 7) is 8.16. The first-order chi connectivity index (χ1) is 21.9. The monoisotopic (exact) mass is 616 g/mol. The number of unbranched alkanes of at least 4 members (excludes halogenated alkanes) is 3. The molecule has 3 aromatic carbocycles. The van der Waals surface area contributed by atoms with Crippen LogP contribution in [0.2, 0.25) is 0 Å². The van der Waals surface area contributed by atoms with Gasteiger partial charge in [-0.15, -0.1) is 0 Å². The van der Waals surface area contributed by atoms with Gasteiger partial charge in [0.05, 0.1) is 37.6 Å². The van der Waals surface area contributed by atoms with Crippen molar-refractivity contribution >= 4 is 23.9 Å². The van der Waals surface area contributed by atoms with Gasteiger partial charge in [0, 0.05) is 18.6 Å². The van der Waals surface area contributed by atoms with Crippen LogP contribution >= 0.6 is 0 Å². The van der Waals surface area contributed by atoms with Gasteiger partial charge in [0.15, 0.2) is 0 Å². The van der Waals surface area contributed by atoms with E-state index in [4.69, 9.17) is 28.4 Å². The van der Waals surface area contributed by atoms with Crippen molar-refractivity contribution in [3.05, 3.63) is 109 Å². The van der Waals surface area contributed by atoms with E-state index in [-0.39, 0.29) is 12.4 Å². The van der Waals surface area contributed by atoms with E-state index in [1.165, 1.54) is 24.3 Å². The molecule has 0 radical (unpaired) electrons. The lowest BCUT2D eigenvalue weighted by atomic mass is 10.2. The third kappa shape index (κ3) is 12.8. The van der Waals surface area contributed by atoms with Crippen LogP contribution in [-0.4, -0.2) is 50.3 Å². The van der Waals surface area contributed by atoms with Crippen molar-refractivity contribution in [2.24, 2.45) is 0 Å². The van der Waals surface area contributed by atoms with E-state index >= 15 is 0 Å². The highest BCUT2D eigenvalue weighted by molar-refractivity contribution is 5.92. The van der Waals surface area contributed by atoms with Crippen molar-refractivity contribution in [1.82, 2.24) is 0 Å². The quantitative estimate of drug-likeness (QED) is 0.0657. The van der Waals surface area contributed by atoms with E-state index < -0.39 is 23.9 Å². The molecule has 0 aromatic heterocycles. The van der Waals surface area contributed by atoms with Gasteiger partial charge in [-0.05, 0) is 98.5 Å². The Morgan fingerprint density at radius 1 is 0.467 bits per heavy atom. The summed E-state index contributed by atoms with van der Waals surface area (Å²) in [6.07, 6.45) is 6.27. The number of ether oxygens (including phenoxy) is 6. The highest BCUT2D eigenvalue weighted by Gasteiger charge is 2.12. The molecule has 0 saturated carbocycles. The van der Waals surface area contributed by atoms with Gasteiger partial charge in [0.25, 0.3) is 0 Å². The van der Waals surface area contributed by atoms with Crippen LogP contribution in [0.15, 0.2) is 98.1 Å². The second kappa shape index (κ2) is 19.0. The average molecular weight is 617 g/mol. The summed E-state index contributed by atoms with van der Waals surface area (Å²) in [5.41, 5.74) is 0.685. The standard InChI is InChI=1S/C35H36O10/c1-3-32(36)42-23-8-6-5-7-22-40-28-14-10-26(11-15-28)34(38)44-30-18-20-31(21-19-30)45-35(39)27-12-16-29(17-13-27)41-24-9-25-43-33(37)4-2/h3-4,10-21H,1-2,5-9,22-25H2. The van der Waals surface area contributed by atoms with Crippen LogP contribution in [0.1, 0.15) is 52.8 Å². The predicted molar refractivity (Wildman–Crippen MR) is 166 cm³/mol. The Labute approximate surface area is 262 Å². The lowest BCUT2D eigenvalue weighted by Gasteiger charge is -2.09. The summed E-state index contributed by atoms with van der Waals surface area (Å²) in [5.74, 6) is -0.210. The number of benzene rings is 3. The first kappa shape index (κ1) is 34.1. The normalized spacial score (nSPS) is 10.2. The molecule has 0 heterocycles. The van der Waals surface area contributed by atoms with Gasteiger partial charge in [-0.25, -0.2) is 19.2 Å². The van der Waals surface area contributed by atoms with Crippen LogP contribution in [0.5, 0.6) is 23.0 Å². The van der Waals surface area contributed by atoms with Gasteiger partial charge in [-0.2, -0.15) is 0 Å². The van der Waals surface area contributed by atoms with E-state index in [1.807, 2.05) is 0 Å². The van der Waals surface area contributed by atoms with Crippen molar-refractivity contribution < 1.29 is 47.6 Å². The third-order valence-electron chi connectivity index (χ3n) is 6.11. The molecule has 10 nitrogen and oxygen atoms in total. The first-order valence-corrected chi connectivity index (χ1v) is 14.5. The minimum Gasteiger partial charge on any atom is -0.494 e. The topological polar surface area (TPSA) is 124 Å². The number of hydrogen-bond acceptors (Lipinski definition) is 10. The fourth-order valence-corrected chi connectivity index (χ4v) is 3.74. The molecule has 0 saturated heterocycles. The summed E-state index contributed by atoms with van der Waals surface area (Å²) in [7, 11) is 0. The Bertz CT molecular complexity index is 1410. The second-order valence-corrected chi connectivity index (χ2v) is 9.51. The molecule has 0 aliphatic heterocycles. The van der Waals surface area contributed by atoms with Gasteiger partial charge in [-0.1, -0.05) is 13.2 Å². The summed E-state index contributed by atoms with van der Waals surface area (Å²) >= 11 is 0. The van der Waals surface area contributed by atoms with Crippen molar-refractivity contribution in [2.75, 3.05) is 26.4 Å². The van der Waals surface area contributed by atoms with Crippen molar-refractivity contribution in [1.29, 1.82) is 0 Å². The summed E-state index contributed by atoms with van der Waals surface area (Å²) < 4.78 is 31.9. The van der Waals surface area contributed by atoms with Crippen LogP contribution in [0, 0.1) is 0 Å². The van der Waals surface area contributed by atoms with Crippen LogP contribution < -0.4 is 18.9 Å². The highest BCUT2D eigenvalue weighted by Crippen LogP contribution is 2.21. The Hall–Kier alpha value is -5.38. The minimum atomic E-state index is -0.559. The minimum absolute atomic E-state index is 0.221. The van der Waals surface area contributed by atoms with Crippen LogP contribution in [-0.2, 0) is 19.1 Å². The van der Waals surface area contributed by atoms with Crippen molar-refractivity contribution in [3.8, 4) is 23.0 Å². The molecule has 0 bridgehead atoms. The molecular formula is C35H36O10. The summed E-state index contributed by atoms with van der Waals surface area (Å²) in [5, 5.41) is 0. The Morgan fingerprint density at radius 2 is 0.822 bits per heavy atom. The maximum absolute atomic E-state index is 12.6. The highest BCUT2D eigenvalue weighted by atomic mass is 16.5.